The first-order chi connectivity index (χ1) is 10.1. The van der Waals surface area contributed by atoms with Crippen LogP contribution in [0.25, 0.3) is 0 Å². The van der Waals surface area contributed by atoms with Crippen LogP contribution in [0.4, 0.5) is 0 Å². The minimum atomic E-state index is -0.540. The van der Waals surface area contributed by atoms with E-state index in [1.165, 1.54) is 7.11 Å². The zero-order valence-corrected chi connectivity index (χ0v) is 12.9. The van der Waals surface area contributed by atoms with Crippen LogP contribution in [-0.2, 0) is 17.7 Å². The van der Waals surface area contributed by atoms with E-state index in [0.717, 1.165) is 5.56 Å². The van der Waals surface area contributed by atoms with E-state index >= 15 is 0 Å². The first-order valence-corrected chi connectivity index (χ1v) is 6.97. The van der Waals surface area contributed by atoms with Gasteiger partial charge in [0, 0.05) is 16.5 Å². The molecule has 2 rings (SSSR count). The van der Waals surface area contributed by atoms with Gasteiger partial charge < -0.3 is 10.5 Å². The number of halogens is 2. The number of rotatable bonds is 5. The molecule has 0 saturated heterocycles. The Balaban J connectivity index is 2.37. The molecule has 21 heavy (non-hydrogen) atoms. The molecule has 8 heteroatoms. The highest BCUT2D eigenvalue weighted by molar-refractivity contribution is 6.33. The van der Waals surface area contributed by atoms with Gasteiger partial charge in [-0.15, -0.1) is 5.10 Å². The third kappa shape index (κ3) is 3.53. The lowest BCUT2D eigenvalue weighted by Crippen LogP contribution is -2.15. The smallest absolute Gasteiger partial charge is 0.360 e. The van der Waals surface area contributed by atoms with Crippen molar-refractivity contribution in [1.82, 2.24) is 15.0 Å². The van der Waals surface area contributed by atoms with Crippen LogP contribution in [-0.4, -0.2) is 34.6 Å². The monoisotopic (exact) mass is 328 g/mol. The minimum absolute atomic E-state index is 0.168. The largest absolute Gasteiger partial charge is 0.464 e. The minimum Gasteiger partial charge on any atom is -0.464 e. The van der Waals surface area contributed by atoms with Gasteiger partial charge in [0.15, 0.2) is 5.69 Å². The maximum Gasteiger partial charge on any atom is 0.360 e. The molecule has 2 N–H and O–H groups in total. The van der Waals surface area contributed by atoms with Gasteiger partial charge in [0.25, 0.3) is 0 Å². The highest BCUT2D eigenvalue weighted by Gasteiger charge is 2.20. The molecule has 1 aromatic heterocycles. The topological polar surface area (TPSA) is 83.0 Å². The van der Waals surface area contributed by atoms with Crippen molar-refractivity contribution >= 4 is 29.2 Å². The predicted octanol–water partition coefficient (Wildman–Crippen LogP) is 1.92. The number of hydrogen-bond acceptors (Lipinski definition) is 5. The number of nitrogens with zero attached hydrogens (tertiary/aromatic N) is 3. The average Bonchev–Trinajstić information content (AvgIpc) is 2.85. The summed E-state index contributed by atoms with van der Waals surface area (Å²) in [5.74, 6) is -0.540. The number of ether oxygens (including phenoxy) is 1. The summed E-state index contributed by atoms with van der Waals surface area (Å²) in [6.07, 6.45) is 0.454. The van der Waals surface area contributed by atoms with Crippen molar-refractivity contribution in [2.45, 2.75) is 13.0 Å². The summed E-state index contributed by atoms with van der Waals surface area (Å²) in [5.41, 5.74) is 7.14. The van der Waals surface area contributed by atoms with E-state index in [-0.39, 0.29) is 5.69 Å². The molecule has 0 fully saturated rings. The number of carbonyl (C=O) groups excluding carboxylic acids is 1. The standard InChI is InChI=1S/C13H14Cl2N4O2/c1-21-13(20)12-11(4-5-16)19(18-17-12)7-8-6-9(14)2-3-10(8)15/h2-3,6H,4-5,7,16H2,1H3. The Kier molecular flexibility index (Phi) is 5.17. The van der Waals surface area contributed by atoms with Crippen molar-refractivity contribution in [3.8, 4) is 0 Å². The van der Waals surface area contributed by atoms with Crippen LogP contribution in [0, 0.1) is 0 Å². The predicted molar refractivity (Wildman–Crippen MR) is 79.7 cm³/mol. The molecular weight excluding hydrogens is 315 g/mol. The lowest BCUT2D eigenvalue weighted by atomic mass is 10.2. The summed E-state index contributed by atoms with van der Waals surface area (Å²) in [4.78, 5) is 11.7. The molecule has 0 bridgehead atoms. The molecule has 112 valence electrons. The molecule has 0 aliphatic heterocycles. The zero-order chi connectivity index (χ0) is 15.4. The molecule has 0 saturated carbocycles. The summed E-state index contributed by atoms with van der Waals surface area (Å²) in [5, 5.41) is 8.97. The molecule has 1 heterocycles. The van der Waals surface area contributed by atoms with E-state index in [9.17, 15) is 4.79 Å². The van der Waals surface area contributed by atoms with Crippen LogP contribution in [0.3, 0.4) is 0 Å². The van der Waals surface area contributed by atoms with Crippen LogP contribution < -0.4 is 5.73 Å². The first kappa shape index (κ1) is 15.8. The Labute approximate surface area is 131 Å². The second kappa shape index (κ2) is 6.89. The number of carbonyl (C=O) groups is 1. The fourth-order valence-corrected chi connectivity index (χ4v) is 2.30. The maximum atomic E-state index is 11.7. The fraction of sp³-hybridized carbons (Fsp3) is 0.308. The number of methoxy groups -OCH3 is 1. The van der Waals surface area contributed by atoms with Gasteiger partial charge in [-0.05, 0) is 30.3 Å². The van der Waals surface area contributed by atoms with Crippen LogP contribution >= 0.6 is 23.2 Å². The van der Waals surface area contributed by atoms with Crippen LogP contribution in [0.15, 0.2) is 18.2 Å². The molecule has 2 aromatic rings. The molecule has 0 radical (unpaired) electrons. The maximum absolute atomic E-state index is 11.7. The quantitative estimate of drug-likeness (QED) is 0.848. The van der Waals surface area contributed by atoms with Gasteiger partial charge in [-0.25, -0.2) is 9.48 Å². The SMILES string of the molecule is COC(=O)c1nnn(Cc2cc(Cl)ccc2Cl)c1CCN. The Morgan fingerprint density at radius 3 is 2.86 bits per heavy atom. The van der Waals surface area contributed by atoms with Crippen LogP contribution in [0.2, 0.25) is 10.0 Å². The second-order valence-corrected chi connectivity index (χ2v) is 5.15. The molecule has 0 aliphatic rings. The number of benzene rings is 1. The molecule has 6 nitrogen and oxygen atoms in total. The van der Waals surface area contributed by atoms with Crippen molar-refractivity contribution in [1.29, 1.82) is 0 Å². The number of nitrogens with two attached hydrogens (primary N) is 1. The van der Waals surface area contributed by atoms with E-state index in [1.54, 1.807) is 22.9 Å². The highest BCUT2D eigenvalue weighted by atomic mass is 35.5. The molecule has 1 aromatic carbocycles. The molecular formula is C13H14Cl2N4O2. The molecule has 0 aliphatic carbocycles. The average molecular weight is 329 g/mol. The van der Waals surface area contributed by atoms with Gasteiger partial charge >= 0.3 is 5.97 Å². The van der Waals surface area contributed by atoms with Gasteiger partial charge in [0.2, 0.25) is 0 Å². The summed E-state index contributed by atoms with van der Waals surface area (Å²) >= 11 is 12.1. The van der Waals surface area contributed by atoms with Gasteiger partial charge in [-0.1, -0.05) is 28.4 Å². The highest BCUT2D eigenvalue weighted by Crippen LogP contribution is 2.22. The Bertz CT molecular complexity index is 658. The number of hydrogen-bond donors (Lipinski definition) is 1. The van der Waals surface area contributed by atoms with Gasteiger partial charge in [0.1, 0.15) is 0 Å². The van der Waals surface area contributed by atoms with E-state index in [2.05, 4.69) is 15.0 Å². The molecule has 0 unspecified atom stereocenters. The van der Waals surface area contributed by atoms with E-state index in [1.807, 2.05) is 0 Å². The van der Waals surface area contributed by atoms with E-state index in [4.69, 9.17) is 28.9 Å². The van der Waals surface area contributed by atoms with Gasteiger partial charge in [-0.2, -0.15) is 0 Å². The van der Waals surface area contributed by atoms with Crippen molar-refractivity contribution in [3.05, 3.63) is 45.2 Å². The normalized spacial score (nSPS) is 10.7. The van der Waals surface area contributed by atoms with E-state index < -0.39 is 5.97 Å². The van der Waals surface area contributed by atoms with Crippen LogP contribution in [0.5, 0.6) is 0 Å². The van der Waals surface area contributed by atoms with Crippen LogP contribution in [0.1, 0.15) is 21.7 Å². The Morgan fingerprint density at radius 1 is 1.43 bits per heavy atom. The number of aromatic nitrogens is 3. The summed E-state index contributed by atoms with van der Waals surface area (Å²) < 4.78 is 6.27. The first-order valence-electron chi connectivity index (χ1n) is 6.21. The van der Waals surface area contributed by atoms with Crippen molar-refractivity contribution < 1.29 is 9.53 Å². The Hall–Kier alpha value is -1.63. The third-order valence-electron chi connectivity index (χ3n) is 2.93. The summed E-state index contributed by atoms with van der Waals surface area (Å²) in [6, 6.07) is 5.16. The molecule has 0 atom stereocenters. The Morgan fingerprint density at radius 2 is 2.19 bits per heavy atom. The zero-order valence-electron chi connectivity index (χ0n) is 11.3. The lowest BCUT2D eigenvalue weighted by molar-refractivity contribution is 0.0592. The third-order valence-corrected chi connectivity index (χ3v) is 3.53. The van der Waals surface area contributed by atoms with Crippen molar-refractivity contribution in [2.75, 3.05) is 13.7 Å². The van der Waals surface area contributed by atoms with E-state index in [0.29, 0.717) is 35.2 Å². The lowest BCUT2D eigenvalue weighted by Gasteiger charge is -2.08. The van der Waals surface area contributed by atoms with Crippen molar-refractivity contribution in [3.63, 3.8) is 0 Å². The summed E-state index contributed by atoms with van der Waals surface area (Å²) in [7, 11) is 1.29. The molecule has 0 amide bonds. The van der Waals surface area contributed by atoms with Crippen molar-refractivity contribution in [2.24, 2.45) is 5.73 Å². The second-order valence-electron chi connectivity index (χ2n) is 4.31. The number of esters is 1. The fourth-order valence-electron chi connectivity index (χ4n) is 1.93. The van der Waals surface area contributed by atoms with Gasteiger partial charge in [-0.3, -0.25) is 0 Å². The van der Waals surface area contributed by atoms with Gasteiger partial charge in [0.05, 0.1) is 19.3 Å². The molecule has 0 spiro atoms. The summed E-state index contributed by atoms with van der Waals surface area (Å²) in [6.45, 7) is 0.708.